The summed E-state index contributed by atoms with van der Waals surface area (Å²) in [5.74, 6) is -4.68. The van der Waals surface area contributed by atoms with Gasteiger partial charge in [0.2, 0.25) is 17.6 Å². The van der Waals surface area contributed by atoms with Gasteiger partial charge in [0.1, 0.15) is 0 Å². The summed E-state index contributed by atoms with van der Waals surface area (Å²) in [6.07, 6.45) is 6.28. The molecular formula is C33H32Cl2N2O7. The van der Waals surface area contributed by atoms with Gasteiger partial charge in [-0.3, -0.25) is 29.0 Å². The summed E-state index contributed by atoms with van der Waals surface area (Å²) in [6.45, 7) is 2.02. The van der Waals surface area contributed by atoms with Crippen LogP contribution in [0.5, 0.6) is 17.2 Å². The lowest BCUT2D eigenvalue weighted by Gasteiger charge is -2.49. The maximum atomic E-state index is 14.1. The number of methoxy groups -OCH3 is 2. The number of carbonyl (C=O) groups is 4. The van der Waals surface area contributed by atoms with Crippen molar-refractivity contribution < 1.29 is 33.8 Å². The van der Waals surface area contributed by atoms with E-state index in [1.807, 2.05) is 25.1 Å². The molecule has 1 saturated carbocycles. The van der Waals surface area contributed by atoms with Gasteiger partial charge in [-0.05, 0) is 60.6 Å². The summed E-state index contributed by atoms with van der Waals surface area (Å²) in [7, 11) is 4.17. The van der Waals surface area contributed by atoms with Crippen LogP contribution in [0.25, 0.3) is 6.08 Å². The average molecular weight is 640 g/mol. The predicted octanol–water partition coefficient (Wildman–Crippen LogP) is 4.71. The van der Waals surface area contributed by atoms with E-state index >= 15 is 0 Å². The van der Waals surface area contributed by atoms with Gasteiger partial charge in [0.25, 0.3) is 11.8 Å². The fourth-order valence-corrected chi connectivity index (χ4v) is 8.32. The quantitative estimate of drug-likeness (QED) is 0.277. The molecule has 44 heavy (non-hydrogen) atoms. The Bertz CT molecular complexity index is 1630. The molecule has 2 aliphatic carbocycles. The van der Waals surface area contributed by atoms with E-state index in [9.17, 15) is 24.3 Å². The van der Waals surface area contributed by atoms with E-state index in [4.69, 9.17) is 32.7 Å². The molecule has 2 heterocycles. The van der Waals surface area contributed by atoms with Crippen molar-refractivity contribution >= 4 is 58.6 Å². The van der Waals surface area contributed by atoms with Crippen molar-refractivity contribution in [3.63, 3.8) is 0 Å². The molecule has 2 aliphatic heterocycles. The van der Waals surface area contributed by atoms with Crippen molar-refractivity contribution in [1.29, 1.82) is 0 Å². The molecule has 2 aromatic rings. The van der Waals surface area contributed by atoms with Crippen molar-refractivity contribution in [2.24, 2.45) is 23.7 Å². The van der Waals surface area contributed by atoms with Gasteiger partial charge in [-0.15, -0.1) is 23.2 Å². The molecule has 2 saturated heterocycles. The molecule has 9 nitrogen and oxygen atoms in total. The Hall–Kier alpha value is -3.82. The third-order valence-corrected chi connectivity index (χ3v) is 11.1. The predicted molar refractivity (Wildman–Crippen MR) is 165 cm³/mol. The summed E-state index contributed by atoms with van der Waals surface area (Å²) >= 11 is 14.4. The minimum Gasteiger partial charge on any atom is -0.502 e. The van der Waals surface area contributed by atoms with Crippen LogP contribution in [-0.2, 0) is 25.6 Å². The van der Waals surface area contributed by atoms with Crippen LogP contribution in [0.15, 0.2) is 54.1 Å². The van der Waals surface area contributed by atoms with Gasteiger partial charge in [0, 0.05) is 13.0 Å². The number of aromatic hydroxyl groups is 1. The van der Waals surface area contributed by atoms with Gasteiger partial charge in [0.05, 0.1) is 31.7 Å². The first-order valence-corrected chi connectivity index (χ1v) is 15.2. The normalized spacial score (nSPS) is 31.3. The third-order valence-electron chi connectivity index (χ3n) is 9.66. The number of imide groups is 2. The minimum absolute atomic E-state index is 0.0766. The van der Waals surface area contributed by atoms with Gasteiger partial charge in [-0.2, -0.15) is 0 Å². The number of anilines is 1. The van der Waals surface area contributed by atoms with Crippen LogP contribution in [0.4, 0.5) is 5.69 Å². The summed E-state index contributed by atoms with van der Waals surface area (Å²) in [4.78, 5) is 53.5. The molecule has 0 radical (unpaired) electrons. The number of phenols is 1. The van der Waals surface area contributed by atoms with Crippen LogP contribution in [0.1, 0.15) is 30.9 Å². The number of likely N-dealkylation sites (tertiary alicyclic amines) is 1. The van der Waals surface area contributed by atoms with Gasteiger partial charge in [-0.1, -0.05) is 42.9 Å². The van der Waals surface area contributed by atoms with E-state index in [1.165, 1.54) is 26.2 Å². The molecule has 0 aromatic heterocycles. The smallest absolute Gasteiger partial charge is 0.253 e. The van der Waals surface area contributed by atoms with Crippen molar-refractivity contribution in [3.05, 3.63) is 65.3 Å². The van der Waals surface area contributed by atoms with E-state index in [0.717, 1.165) is 16.9 Å². The average Bonchev–Trinajstić information content (AvgIpc) is 3.35. The molecule has 6 atom stereocenters. The maximum Gasteiger partial charge on any atom is 0.253 e. The summed E-state index contributed by atoms with van der Waals surface area (Å²) in [6, 6.07) is 10.5. The van der Waals surface area contributed by atoms with Gasteiger partial charge >= 0.3 is 0 Å². The number of ether oxygens (including phenoxy) is 2. The number of fused-ring (bicyclic) bond motifs is 4. The monoisotopic (exact) mass is 638 g/mol. The molecular weight excluding hydrogens is 607 g/mol. The van der Waals surface area contributed by atoms with Crippen molar-refractivity contribution in [2.45, 2.75) is 35.9 Å². The fraction of sp³-hybridized carbons (Fsp3) is 0.394. The van der Waals surface area contributed by atoms with Crippen LogP contribution in [0.3, 0.4) is 0 Å². The van der Waals surface area contributed by atoms with Crippen LogP contribution < -0.4 is 14.4 Å². The molecule has 0 spiro atoms. The lowest BCUT2D eigenvalue weighted by Crippen LogP contribution is -2.60. The lowest BCUT2D eigenvalue weighted by molar-refractivity contribution is -0.138. The molecule has 6 unspecified atom stereocenters. The molecule has 4 aliphatic rings. The molecule has 3 fully saturated rings. The number of amides is 4. The van der Waals surface area contributed by atoms with Gasteiger partial charge < -0.3 is 14.6 Å². The maximum absolute atomic E-state index is 14.1. The number of nitrogens with zero attached hydrogens (tertiary/aromatic N) is 2. The van der Waals surface area contributed by atoms with Crippen molar-refractivity contribution in [3.8, 4) is 17.2 Å². The lowest BCUT2D eigenvalue weighted by atomic mass is 9.57. The SMILES string of the molecule is CCc1ccc(N2C(=O)C3CC=C4C(CC5(Cl)C(=O)N(C)C(=O)C5(Cl)C4C=Cc4cc(OC)c(O)c(OC)c4)C3C2=O)cc1. The molecule has 11 heteroatoms. The second kappa shape index (κ2) is 10.7. The van der Waals surface area contributed by atoms with E-state index < -0.39 is 45.2 Å². The van der Waals surface area contributed by atoms with Crippen LogP contribution in [0.2, 0.25) is 0 Å². The summed E-state index contributed by atoms with van der Waals surface area (Å²) < 4.78 is 10.6. The Morgan fingerprint density at radius 1 is 0.977 bits per heavy atom. The highest BCUT2D eigenvalue weighted by Crippen LogP contribution is 2.63. The number of rotatable bonds is 6. The zero-order chi connectivity index (χ0) is 31.7. The Labute approximate surface area is 265 Å². The Morgan fingerprint density at radius 3 is 2.20 bits per heavy atom. The molecule has 0 bridgehead atoms. The Balaban J connectivity index is 1.45. The number of benzene rings is 2. The Morgan fingerprint density at radius 2 is 1.61 bits per heavy atom. The first-order chi connectivity index (χ1) is 20.9. The highest BCUT2D eigenvalue weighted by Gasteiger charge is 2.75. The van der Waals surface area contributed by atoms with Gasteiger partial charge in [0.15, 0.2) is 21.2 Å². The number of carbonyl (C=O) groups excluding carboxylic acids is 4. The van der Waals surface area contributed by atoms with Crippen LogP contribution in [-0.4, -0.2) is 64.7 Å². The van der Waals surface area contributed by atoms with Gasteiger partial charge in [-0.25, -0.2) is 0 Å². The van der Waals surface area contributed by atoms with E-state index in [1.54, 1.807) is 36.4 Å². The number of phenolic OH excluding ortho intramolecular Hbond substituents is 1. The number of hydrogen-bond donors (Lipinski definition) is 1. The standard InChI is InChI=1S/C33H32Cl2N2O7/c1-5-17-6-9-19(10-7-17)37-28(39)21-12-11-20-22(26(21)29(37)40)16-32(34)30(41)36(2)31(42)33(32,35)23(20)13-8-18-14-24(43-3)27(38)25(15-18)44-4/h6-11,13-15,21-23,26,38H,5,12,16H2,1-4H3. The van der Waals surface area contributed by atoms with Crippen LogP contribution >= 0.6 is 23.2 Å². The van der Waals surface area contributed by atoms with Crippen molar-refractivity contribution in [2.75, 3.05) is 26.2 Å². The molecule has 4 amide bonds. The van der Waals surface area contributed by atoms with Crippen molar-refractivity contribution in [1.82, 2.24) is 4.90 Å². The van der Waals surface area contributed by atoms with Crippen LogP contribution in [0, 0.1) is 23.7 Å². The number of allylic oxidation sites excluding steroid dienone is 3. The largest absolute Gasteiger partial charge is 0.502 e. The number of alkyl halides is 2. The molecule has 6 rings (SSSR count). The summed E-state index contributed by atoms with van der Waals surface area (Å²) in [5.41, 5.74) is 2.82. The second-order valence-corrected chi connectivity index (χ2v) is 12.9. The zero-order valence-electron chi connectivity index (χ0n) is 24.7. The fourth-order valence-electron chi connectivity index (χ4n) is 7.34. The first-order valence-electron chi connectivity index (χ1n) is 14.4. The molecule has 1 N–H and O–H groups in total. The number of hydrogen-bond acceptors (Lipinski definition) is 7. The summed E-state index contributed by atoms with van der Waals surface area (Å²) in [5, 5.41) is 10.4. The Kier molecular flexibility index (Phi) is 7.32. The topological polar surface area (TPSA) is 113 Å². The van der Waals surface area contributed by atoms with E-state index in [2.05, 4.69) is 0 Å². The highest BCUT2D eigenvalue weighted by atomic mass is 35.5. The minimum atomic E-state index is -1.88. The third kappa shape index (κ3) is 4.05. The van der Waals surface area contributed by atoms with E-state index in [-0.39, 0.29) is 41.9 Å². The first kappa shape index (κ1) is 30.2. The van der Waals surface area contributed by atoms with E-state index in [0.29, 0.717) is 16.8 Å². The second-order valence-electron chi connectivity index (χ2n) is 11.7. The highest BCUT2D eigenvalue weighted by molar-refractivity contribution is 6.53. The molecule has 2 aromatic carbocycles. The number of halogens is 2. The number of aryl methyl sites for hydroxylation is 1. The molecule has 230 valence electrons. The zero-order valence-corrected chi connectivity index (χ0v) is 26.2.